The van der Waals surface area contributed by atoms with Gasteiger partial charge >= 0.3 is 31.2 Å². The van der Waals surface area contributed by atoms with Crippen LogP contribution in [0.5, 0.6) is 5.75 Å². The first-order valence-electron chi connectivity index (χ1n) is 11.0. The van der Waals surface area contributed by atoms with Gasteiger partial charge in [0.05, 0.1) is 11.7 Å². The molecule has 39 heavy (non-hydrogen) atoms. The Morgan fingerprint density at radius 1 is 1.00 bits per heavy atom. The predicted octanol–water partition coefficient (Wildman–Crippen LogP) is 4.58. The lowest BCUT2D eigenvalue weighted by molar-refractivity contribution is -0.133. The van der Waals surface area contributed by atoms with Crippen LogP contribution < -0.4 is 4.18 Å². The summed E-state index contributed by atoms with van der Waals surface area (Å²) in [6, 6.07) is 0.847. The normalized spacial score (nSPS) is 20.8. The molecule has 0 spiro atoms. The first-order valence-corrected chi connectivity index (χ1v) is 14.6. The summed E-state index contributed by atoms with van der Waals surface area (Å²) in [6.07, 6.45) is 2.02. The van der Waals surface area contributed by atoms with E-state index in [1.54, 1.807) is 0 Å². The summed E-state index contributed by atoms with van der Waals surface area (Å²) in [5, 5.41) is 3.17. The fourth-order valence-electron chi connectivity index (χ4n) is 4.53. The van der Waals surface area contributed by atoms with E-state index in [1.807, 2.05) is 0 Å². The number of hydrogen-bond acceptors (Lipinski definition) is 7. The molecule has 1 aliphatic carbocycles. The van der Waals surface area contributed by atoms with E-state index in [9.17, 15) is 48.0 Å². The van der Waals surface area contributed by atoms with Crippen LogP contribution >= 0.6 is 23.2 Å². The van der Waals surface area contributed by atoms with Gasteiger partial charge in [0.15, 0.2) is 0 Å². The molecule has 2 atom stereocenters. The third kappa shape index (κ3) is 5.54. The molecular weight excluding hydrogens is 627 g/mol. The molecule has 1 aliphatic heterocycles. The molecular formula is C20H17Cl2F6N3O6S2. The Bertz CT molecular complexity index is 1500. The van der Waals surface area contributed by atoms with Gasteiger partial charge in [0.2, 0.25) is 5.91 Å². The summed E-state index contributed by atoms with van der Waals surface area (Å²) in [5.41, 5.74) is -10.8. The van der Waals surface area contributed by atoms with Crippen LogP contribution in [0.2, 0.25) is 10.0 Å². The van der Waals surface area contributed by atoms with Crippen molar-refractivity contribution < 1.29 is 52.2 Å². The molecule has 0 bridgehead atoms. The molecule has 2 unspecified atom stereocenters. The highest BCUT2D eigenvalue weighted by Crippen LogP contribution is 2.41. The number of hydrogen-bond donors (Lipinski definition) is 0. The number of nitrogens with zero attached hydrogens (tertiary/aromatic N) is 3. The Labute approximate surface area is 227 Å². The maximum Gasteiger partial charge on any atom is 0.534 e. The summed E-state index contributed by atoms with van der Waals surface area (Å²) >= 11 is 12.2. The Morgan fingerprint density at radius 3 is 2.18 bits per heavy atom. The minimum absolute atomic E-state index is 0.0477. The second-order valence-corrected chi connectivity index (χ2v) is 13.0. The summed E-state index contributed by atoms with van der Waals surface area (Å²) in [6.45, 7) is 0.159. The van der Waals surface area contributed by atoms with Crippen LogP contribution in [0.3, 0.4) is 0 Å². The van der Waals surface area contributed by atoms with Crippen molar-refractivity contribution in [2.45, 2.75) is 49.2 Å². The lowest BCUT2D eigenvalue weighted by Gasteiger charge is -2.30. The van der Waals surface area contributed by atoms with E-state index in [1.165, 1.54) is 4.90 Å². The molecule has 1 amide bonds. The number of likely N-dealkylation sites (tertiary alicyclic amines) is 1. The van der Waals surface area contributed by atoms with Crippen molar-refractivity contribution >= 4 is 49.3 Å². The van der Waals surface area contributed by atoms with Crippen LogP contribution in [-0.4, -0.2) is 54.4 Å². The van der Waals surface area contributed by atoms with E-state index >= 15 is 0 Å². The second kappa shape index (κ2) is 9.99. The van der Waals surface area contributed by atoms with Crippen LogP contribution in [-0.2, 0) is 37.8 Å². The average Bonchev–Trinajstić information content (AvgIpc) is 3.38. The first-order chi connectivity index (χ1) is 17.8. The van der Waals surface area contributed by atoms with Crippen LogP contribution in [0.4, 0.5) is 26.3 Å². The van der Waals surface area contributed by atoms with Gasteiger partial charge in [-0.05, 0) is 43.2 Å². The van der Waals surface area contributed by atoms with Crippen LogP contribution in [0.1, 0.15) is 42.1 Å². The van der Waals surface area contributed by atoms with Crippen LogP contribution in [0.15, 0.2) is 18.3 Å². The summed E-state index contributed by atoms with van der Waals surface area (Å²) in [7, 11) is -11.7. The number of halogens is 8. The number of carbonyl (C=O) groups is 1. The Morgan fingerprint density at radius 2 is 1.62 bits per heavy atom. The monoisotopic (exact) mass is 643 g/mol. The topological polar surface area (TPSA) is 116 Å². The number of benzene rings is 1. The zero-order valence-corrected chi connectivity index (χ0v) is 22.4. The van der Waals surface area contributed by atoms with E-state index in [0.717, 1.165) is 18.3 Å². The van der Waals surface area contributed by atoms with Gasteiger partial charge in [0, 0.05) is 40.8 Å². The number of aromatic nitrogens is 2. The number of rotatable bonds is 6. The summed E-state index contributed by atoms with van der Waals surface area (Å²) in [4.78, 5) is 14.6. The maximum atomic E-state index is 13.2. The number of amides is 1. The van der Waals surface area contributed by atoms with Crippen molar-refractivity contribution in [3.05, 3.63) is 45.2 Å². The largest absolute Gasteiger partial charge is 0.534 e. The SMILES string of the molecule is O=C1C(Cc2c(Cl)cc(OS(=O)(=O)C(F)(F)F)cc2Cl)CCN1C1CCCc2cn(S(=O)(=O)C(F)(F)F)nc21. The van der Waals surface area contributed by atoms with E-state index in [-0.39, 0.29) is 56.8 Å². The van der Waals surface area contributed by atoms with Gasteiger partial charge in [-0.1, -0.05) is 23.2 Å². The molecule has 4 rings (SSSR count). The lowest BCUT2D eigenvalue weighted by Crippen LogP contribution is -2.35. The molecule has 1 saturated heterocycles. The third-order valence-electron chi connectivity index (χ3n) is 6.36. The van der Waals surface area contributed by atoms with Gasteiger partial charge in [0.25, 0.3) is 0 Å². The van der Waals surface area contributed by atoms with Crippen LogP contribution in [0, 0.1) is 5.92 Å². The fraction of sp³-hybridized carbons (Fsp3) is 0.500. The van der Waals surface area contributed by atoms with Gasteiger partial charge in [-0.25, -0.2) is 0 Å². The average molecular weight is 644 g/mol. The first kappa shape index (κ1) is 29.7. The number of fused-ring (bicyclic) bond motifs is 1. The van der Waals surface area contributed by atoms with Crippen molar-refractivity contribution in [1.82, 2.24) is 14.1 Å². The van der Waals surface area contributed by atoms with Crippen molar-refractivity contribution in [3.63, 3.8) is 0 Å². The highest BCUT2D eigenvalue weighted by Gasteiger charge is 2.50. The Kier molecular flexibility index (Phi) is 7.62. The molecule has 2 heterocycles. The molecule has 1 aromatic heterocycles. The molecule has 9 nitrogen and oxygen atoms in total. The molecule has 216 valence electrons. The molecule has 0 N–H and O–H groups in total. The minimum Gasteiger partial charge on any atom is -0.376 e. The van der Waals surface area contributed by atoms with E-state index in [4.69, 9.17) is 23.2 Å². The van der Waals surface area contributed by atoms with E-state index < -0.39 is 54.8 Å². The summed E-state index contributed by atoms with van der Waals surface area (Å²) in [5.74, 6) is -1.96. The van der Waals surface area contributed by atoms with Gasteiger partial charge in [-0.3, -0.25) is 4.79 Å². The molecule has 0 saturated carbocycles. The molecule has 0 radical (unpaired) electrons. The van der Waals surface area contributed by atoms with Gasteiger partial charge in [-0.15, -0.1) is 0 Å². The van der Waals surface area contributed by atoms with Crippen molar-refractivity contribution in [2.24, 2.45) is 5.92 Å². The van der Waals surface area contributed by atoms with Gasteiger partial charge in [0.1, 0.15) is 5.75 Å². The number of alkyl halides is 6. The molecule has 1 fully saturated rings. The summed E-state index contributed by atoms with van der Waals surface area (Å²) < 4.78 is 127. The van der Waals surface area contributed by atoms with Crippen molar-refractivity contribution in [3.8, 4) is 5.75 Å². The van der Waals surface area contributed by atoms with Gasteiger partial charge in [-0.2, -0.15) is 52.4 Å². The standard InChI is InChI=1S/C20H17Cl2F6N3O6S2/c21-14-7-12(37-39(35,36)20(26,27)28)8-15(22)13(14)6-10-4-5-30(18(10)32)16-3-1-2-11-9-31(29-17(11)16)38(33,34)19(23,24)25/h7-10,16H,1-6H2. The Balaban J connectivity index is 1.54. The van der Waals surface area contributed by atoms with Crippen molar-refractivity contribution in [2.75, 3.05) is 6.54 Å². The molecule has 19 heteroatoms. The zero-order chi connectivity index (χ0) is 29.1. The maximum absolute atomic E-state index is 13.2. The predicted molar refractivity (Wildman–Crippen MR) is 124 cm³/mol. The second-order valence-electron chi connectivity index (χ2n) is 8.84. The third-order valence-corrected chi connectivity index (χ3v) is 9.28. The fourth-order valence-corrected chi connectivity index (χ4v) is 6.27. The van der Waals surface area contributed by atoms with Gasteiger partial charge < -0.3 is 9.08 Å². The minimum atomic E-state index is -5.97. The number of aryl methyl sites for hydroxylation is 1. The molecule has 1 aromatic carbocycles. The Hall–Kier alpha value is -2.24. The quantitative estimate of drug-likeness (QED) is 0.257. The van der Waals surface area contributed by atoms with E-state index in [2.05, 4.69) is 9.28 Å². The van der Waals surface area contributed by atoms with Crippen molar-refractivity contribution in [1.29, 1.82) is 0 Å². The zero-order valence-electron chi connectivity index (χ0n) is 19.3. The van der Waals surface area contributed by atoms with Crippen LogP contribution in [0.25, 0.3) is 0 Å². The molecule has 2 aliphatic rings. The highest BCUT2D eigenvalue weighted by molar-refractivity contribution is 7.90. The van der Waals surface area contributed by atoms with E-state index in [0.29, 0.717) is 12.8 Å². The lowest BCUT2D eigenvalue weighted by atomic mass is 9.92. The number of carbonyl (C=O) groups excluding carboxylic acids is 1. The highest BCUT2D eigenvalue weighted by atomic mass is 35.5. The smallest absolute Gasteiger partial charge is 0.376 e. The molecule has 2 aromatic rings.